The number of hydrogen-bond donors (Lipinski definition) is 1. The Bertz CT molecular complexity index is 263. The van der Waals surface area contributed by atoms with Gasteiger partial charge >= 0.3 is 0 Å². The van der Waals surface area contributed by atoms with E-state index in [0.29, 0.717) is 12.4 Å². The molecule has 1 aromatic rings. The summed E-state index contributed by atoms with van der Waals surface area (Å²) in [6, 6.07) is 8.03. The van der Waals surface area contributed by atoms with Crippen LogP contribution in [0.4, 0.5) is 0 Å². The molecule has 1 atom stereocenters. The van der Waals surface area contributed by atoms with Crippen molar-refractivity contribution in [3.05, 3.63) is 28.7 Å². The fourth-order valence-electron chi connectivity index (χ4n) is 0.964. The molecule has 0 spiro atoms. The maximum absolute atomic E-state index is 9.41. The van der Waals surface area contributed by atoms with Gasteiger partial charge < -0.3 is 9.84 Å². The molecule has 78 valence electrons. The Morgan fingerprint density at radius 2 is 2.07 bits per heavy atom. The third-order valence-corrected chi connectivity index (χ3v) is 3.30. The first-order chi connectivity index (χ1) is 6.72. The van der Waals surface area contributed by atoms with Crippen LogP contribution in [0.2, 0.25) is 0 Å². The first-order valence-electron chi connectivity index (χ1n) is 4.27. The van der Waals surface area contributed by atoms with Gasteiger partial charge in [0.2, 0.25) is 0 Å². The Morgan fingerprint density at radius 1 is 1.43 bits per heavy atom. The highest BCUT2D eigenvalue weighted by molar-refractivity contribution is 9.10. The van der Waals surface area contributed by atoms with Crippen LogP contribution in [0.3, 0.4) is 0 Å². The van der Waals surface area contributed by atoms with Crippen molar-refractivity contribution in [2.24, 2.45) is 0 Å². The van der Waals surface area contributed by atoms with Crippen molar-refractivity contribution in [3.63, 3.8) is 0 Å². The second-order valence-corrected chi connectivity index (χ2v) is 4.88. The van der Waals surface area contributed by atoms with Crippen molar-refractivity contribution in [2.75, 3.05) is 19.5 Å². The molecule has 1 unspecified atom stereocenters. The maximum Gasteiger partial charge on any atom is 0.0867 e. The molecule has 14 heavy (non-hydrogen) atoms. The Balaban J connectivity index is 2.34. The van der Waals surface area contributed by atoms with E-state index in [0.717, 1.165) is 9.37 Å². The lowest BCUT2D eigenvalue weighted by Crippen LogP contribution is -2.16. The molecule has 0 bridgehead atoms. The van der Waals surface area contributed by atoms with Gasteiger partial charge in [0.05, 0.1) is 12.7 Å². The van der Waals surface area contributed by atoms with Crippen LogP contribution in [0, 0.1) is 0 Å². The maximum atomic E-state index is 9.41. The molecule has 2 nitrogen and oxygen atoms in total. The van der Waals surface area contributed by atoms with E-state index in [4.69, 9.17) is 4.74 Å². The number of methoxy groups -OCH3 is 1. The molecule has 0 radical (unpaired) electrons. The van der Waals surface area contributed by atoms with E-state index >= 15 is 0 Å². The second-order valence-electron chi connectivity index (χ2n) is 2.87. The van der Waals surface area contributed by atoms with Crippen molar-refractivity contribution in [1.82, 2.24) is 0 Å². The molecular formula is C10H13BrO2S. The fourth-order valence-corrected chi connectivity index (χ4v) is 2.04. The fraction of sp³-hybridized carbons (Fsp3) is 0.400. The summed E-state index contributed by atoms with van der Waals surface area (Å²) in [4.78, 5) is 1.16. The Kier molecular flexibility index (Phi) is 5.55. The molecular weight excluding hydrogens is 264 g/mol. The minimum Gasteiger partial charge on any atom is -0.390 e. The molecule has 1 N–H and O–H groups in total. The predicted octanol–water partition coefficient (Wildman–Crippen LogP) is 2.55. The van der Waals surface area contributed by atoms with E-state index in [2.05, 4.69) is 15.9 Å². The van der Waals surface area contributed by atoms with E-state index in [9.17, 15) is 5.11 Å². The molecule has 1 aromatic carbocycles. The lowest BCUT2D eigenvalue weighted by molar-refractivity contribution is 0.0794. The molecule has 4 heteroatoms. The van der Waals surface area contributed by atoms with Crippen molar-refractivity contribution in [2.45, 2.75) is 11.0 Å². The zero-order valence-electron chi connectivity index (χ0n) is 7.94. The van der Waals surface area contributed by atoms with Crippen LogP contribution < -0.4 is 0 Å². The van der Waals surface area contributed by atoms with Gasteiger partial charge in [0.15, 0.2) is 0 Å². The van der Waals surface area contributed by atoms with Crippen LogP contribution in [-0.2, 0) is 4.74 Å². The van der Waals surface area contributed by atoms with Gasteiger partial charge in [0.25, 0.3) is 0 Å². The number of aliphatic hydroxyl groups excluding tert-OH is 1. The molecule has 0 heterocycles. The van der Waals surface area contributed by atoms with E-state index in [-0.39, 0.29) is 0 Å². The van der Waals surface area contributed by atoms with Gasteiger partial charge in [-0.3, -0.25) is 0 Å². The monoisotopic (exact) mass is 276 g/mol. The van der Waals surface area contributed by atoms with Gasteiger partial charge in [0, 0.05) is 22.2 Å². The summed E-state index contributed by atoms with van der Waals surface area (Å²) >= 11 is 5.00. The SMILES string of the molecule is COCC(O)CSc1ccc(Br)cc1. The van der Waals surface area contributed by atoms with E-state index < -0.39 is 6.10 Å². The quantitative estimate of drug-likeness (QED) is 0.839. The van der Waals surface area contributed by atoms with Crippen molar-refractivity contribution in [1.29, 1.82) is 0 Å². The Hall–Kier alpha value is -0.0300. The van der Waals surface area contributed by atoms with Crippen LogP contribution in [0.5, 0.6) is 0 Å². The molecule has 0 aliphatic rings. The third kappa shape index (κ3) is 4.46. The van der Waals surface area contributed by atoms with Crippen LogP contribution in [0.1, 0.15) is 0 Å². The van der Waals surface area contributed by atoms with Crippen LogP contribution in [0.25, 0.3) is 0 Å². The summed E-state index contributed by atoms with van der Waals surface area (Å²) in [6.07, 6.45) is -0.395. The molecule has 0 aromatic heterocycles. The topological polar surface area (TPSA) is 29.5 Å². The smallest absolute Gasteiger partial charge is 0.0867 e. The molecule has 0 amide bonds. The summed E-state index contributed by atoms with van der Waals surface area (Å²) in [7, 11) is 1.59. The lowest BCUT2D eigenvalue weighted by atomic mass is 10.4. The molecule has 0 saturated heterocycles. The van der Waals surface area contributed by atoms with Crippen LogP contribution in [0.15, 0.2) is 33.6 Å². The standard InChI is InChI=1S/C10H13BrO2S/c1-13-6-9(12)7-14-10-4-2-8(11)3-5-10/h2-5,9,12H,6-7H2,1H3. The van der Waals surface area contributed by atoms with Gasteiger partial charge in [-0.2, -0.15) is 0 Å². The largest absolute Gasteiger partial charge is 0.390 e. The highest BCUT2D eigenvalue weighted by Crippen LogP contribution is 2.21. The summed E-state index contributed by atoms with van der Waals surface area (Å²) in [5.41, 5.74) is 0. The molecule has 0 aliphatic heterocycles. The number of halogens is 1. The Morgan fingerprint density at radius 3 is 2.64 bits per heavy atom. The molecule has 1 rings (SSSR count). The zero-order chi connectivity index (χ0) is 10.4. The number of hydrogen-bond acceptors (Lipinski definition) is 3. The van der Waals surface area contributed by atoms with Crippen molar-refractivity contribution < 1.29 is 9.84 Å². The van der Waals surface area contributed by atoms with E-state index in [1.54, 1.807) is 18.9 Å². The van der Waals surface area contributed by atoms with E-state index in [1.807, 2.05) is 24.3 Å². The first kappa shape index (κ1) is 12.0. The molecule has 0 fully saturated rings. The van der Waals surface area contributed by atoms with Gasteiger partial charge in [-0.1, -0.05) is 15.9 Å². The van der Waals surface area contributed by atoms with Gasteiger partial charge in [0.1, 0.15) is 0 Å². The Labute approximate surface area is 96.8 Å². The highest BCUT2D eigenvalue weighted by atomic mass is 79.9. The van der Waals surface area contributed by atoms with Crippen molar-refractivity contribution in [3.8, 4) is 0 Å². The number of benzene rings is 1. The summed E-state index contributed by atoms with van der Waals surface area (Å²) < 4.78 is 5.91. The number of thioether (sulfide) groups is 1. The predicted molar refractivity (Wildman–Crippen MR) is 62.7 cm³/mol. The van der Waals surface area contributed by atoms with E-state index in [1.165, 1.54) is 0 Å². The third-order valence-electron chi connectivity index (χ3n) is 1.62. The van der Waals surface area contributed by atoms with Crippen LogP contribution >= 0.6 is 27.7 Å². The molecule has 0 saturated carbocycles. The summed E-state index contributed by atoms with van der Waals surface area (Å²) in [5, 5.41) is 9.41. The van der Waals surface area contributed by atoms with Crippen LogP contribution in [-0.4, -0.2) is 30.7 Å². The second kappa shape index (κ2) is 6.45. The average molecular weight is 277 g/mol. The molecule has 0 aliphatic carbocycles. The number of aliphatic hydroxyl groups is 1. The summed E-state index contributed by atoms with van der Waals surface area (Å²) in [5.74, 6) is 0.662. The normalized spacial score (nSPS) is 12.8. The van der Waals surface area contributed by atoms with Gasteiger partial charge in [-0.15, -0.1) is 11.8 Å². The van der Waals surface area contributed by atoms with Gasteiger partial charge in [-0.25, -0.2) is 0 Å². The zero-order valence-corrected chi connectivity index (χ0v) is 10.3. The first-order valence-corrected chi connectivity index (χ1v) is 6.05. The number of rotatable bonds is 5. The van der Waals surface area contributed by atoms with Crippen molar-refractivity contribution >= 4 is 27.7 Å². The minimum absolute atomic E-state index is 0.392. The lowest BCUT2D eigenvalue weighted by Gasteiger charge is -2.08. The minimum atomic E-state index is -0.395. The van der Waals surface area contributed by atoms with Gasteiger partial charge in [-0.05, 0) is 24.3 Å². The average Bonchev–Trinajstić information content (AvgIpc) is 2.17. The summed E-state index contributed by atoms with van der Waals surface area (Å²) in [6.45, 7) is 0.392. The highest BCUT2D eigenvalue weighted by Gasteiger charge is 2.03. The number of ether oxygens (including phenoxy) is 1.